The van der Waals surface area contributed by atoms with Crippen molar-refractivity contribution < 1.29 is 4.74 Å². The molecule has 0 saturated carbocycles. The average Bonchev–Trinajstić information content (AvgIpc) is 2.68. The molecule has 1 aliphatic rings. The molecule has 0 unspecified atom stereocenters. The first-order valence-corrected chi connectivity index (χ1v) is 9.50. The molecule has 1 aromatic rings. The Morgan fingerprint density at radius 1 is 1.30 bits per heavy atom. The van der Waals surface area contributed by atoms with Crippen molar-refractivity contribution in [3.05, 3.63) is 35.4 Å². The highest BCUT2D eigenvalue weighted by Crippen LogP contribution is 2.11. The van der Waals surface area contributed by atoms with Crippen molar-refractivity contribution in [3.8, 4) is 6.07 Å². The Bertz CT molecular complexity index is 591. The zero-order chi connectivity index (χ0) is 18.6. The molecule has 7 heteroatoms. The van der Waals surface area contributed by atoms with Gasteiger partial charge in [0.15, 0.2) is 5.96 Å². The van der Waals surface area contributed by atoms with Gasteiger partial charge in [0, 0.05) is 45.9 Å². The SMILES string of the molecule is CCNC(=NCc1ccc(C#N)cc1)NC1CCN(CCCOC)CC1.I. The minimum atomic E-state index is 0. The molecule has 0 amide bonds. The molecular weight excluding hydrogens is 453 g/mol. The van der Waals surface area contributed by atoms with Crippen LogP contribution < -0.4 is 10.6 Å². The molecule has 150 valence electrons. The third-order valence-electron chi connectivity index (χ3n) is 4.60. The quantitative estimate of drug-likeness (QED) is 0.257. The Kier molecular flexibility index (Phi) is 12.1. The van der Waals surface area contributed by atoms with Crippen molar-refractivity contribution in [2.24, 2.45) is 4.99 Å². The van der Waals surface area contributed by atoms with Gasteiger partial charge in [-0.15, -0.1) is 24.0 Å². The van der Waals surface area contributed by atoms with Crippen LogP contribution in [-0.4, -0.2) is 56.8 Å². The number of nitrogens with one attached hydrogen (secondary N) is 2. The first-order chi connectivity index (χ1) is 12.7. The van der Waals surface area contributed by atoms with Gasteiger partial charge in [0.25, 0.3) is 0 Å². The maximum atomic E-state index is 8.87. The van der Waals surface area contributed by atoms with Gasteiger partial charge in [0.1, 0.15) is 0 Å². The van der Waals surface area contributed by atoms with Gasteiger partial charge < -0.3 is 20.3 Å². The summed E-state index contributed by atoms with van der Waals surface area (Å²) in [6.45, 7) is 7.73. The monoisotopic (exact) mass is 485 g/mol. The molecule has 2 N–H and O–H groups in total. The van der Waals surface area contributed by atoms with Gasteiger partial charge >= 0.3 is 0 Å². The second-order valence-electron chi connectivity index (χ2n) is 6.61. The predicted octanol–water partition coefficient (Wildman–Crippen LogP) is 2.73. The van der Waals surface area contributed by atoms with Gasteiger partial charge in [0.05, 0.1) is 18.2 Å². The van der Waals surface area contributed by atoms with E-state index in [2.05, 4.69) is 28.5 Å². The number of rotatable bonds is 8. The van der Waals surface area contributed by atoms with Crippen LogP contribution in [-0.2, 0) is 11.3 Å². The summed E-state index contributed by atoms with van der Waals surface area (Å²) in [6, 6.07) is 10.2. The van der Waals surface area contributed by atoms with E-state index in [1.807, 2.05) is 24.3 Å². The van der Waals surface area contributed by atoms with E-state index in [9.17, 15) is 0 Å². The molecule has 1 aliphatic heterocycles. The smallest absolute Gasteiger partial charge is 0.191 e. The Hall–Kier alpha value is -1.37. The van der Waals surface area contributed by atoms with Gasteiger partial charge in [-0.25, -0.2) is 4.99 Å². The van der Waals surface area contributed by atoms with Crippen molar-refractivity contribution in [1.82, 2.24) is 15.5 Å². The zero-order valence-electron chi connectivity index (χ0n) is 16.4. The third-order valence-corrected chi connectivity index (χ3v) is 4.60. The fourth-order valence-electron chi connectivity index (χ4n) is 3.10. The van der Waals surface area contributed by atoms with E-state index in [0.717, 1.165) is 63.6 Å². The van der Waals surface area contributed by atoms with Crippen LogP contribution in [0, 0.1) is 11.3 Å². The summed E-state index contributed by atoms with van der Waals surface area (Å²) in [6.07, 6.45) is 3.37. The molecule has 1 heterocycles. The topological polar surface area (TPSA) is 72.7 Å². The van der Waals surface area contributed by atoms with Crippen LogP contribution in [0.4, 0.5) is 0 Å². The molecule has 1 saturated heterocycles. The van der Waals surface area contributed by atoms with E-state index >= 15 is 0 Å². The first kappa shape index (κ1) is 23.7. The molecule has 0 aliphatic carbocycles. The van der Waals surface area contributed by atoms with Crippen LogP contribution in [0.5, 0.6) is 0 Å². The Morgan fingerprint density at radius 2 is 2.00 bits per heavy atom. The summed E-state index contributed by atoms with van der Waals surface area (Å²) in [7, 11) is 1.76. The summed E-state index contributed by atoms with van der Waals surface area (Å²) in [5.74, 6) is 0.870. The lowest BCUT2D eigenvalue weighted by molar-refractivity contribution is 0.155. The van der Waals surface area contributed by atoms with Crippen molar-refractivity contribution >= 4 is 29.9 Å². The zero-order valence-corrected chi connectivity index (χ0v) is 18.7. The van der Waals surface area contributed by atoms with Gasteiger partial charge in [-0.2, -0.15) is 5.26 Å². The number of piperidine rings is 1. The Balaban J connectivity index is 0.00000364. The molecule has 6 nitrogen and oxygen atoms in total. The first-order valence-electron chi connectivity index (χ1n) is 9.50. The van der Waals surface area contributed by atoms with Gasteiger partial charge in [-0.3, -0.25) is 0 Å². The van der Waals surface area contributed by atoms with E-state index in [1.54, 1.807) is 7.11 Å². The number of hydrogen-bond acceptors (Lipinski definition) is 4. The molecule has 0 atom stereocenters. The fraction of sp³-hybridized carbons (Fsp3) is 0.600. The summed E-state index contributed by atoms with van der Waals surface area (Å²) in [4.78, 5) is 7.21. The number of aliphatic imine (C=N–C) groups is 1. The summed E-state index contributed by atoms with van der Waals surface area (Å²) >= 11 is 0. The molecule has 27 heavy (non-hydrogen) atoms. The summed E-state index contributed by atoms with van der Waals surface area (Å²) in [5.41, 5.74) is 1.79. The van der Waals surface area contributed by atoms with Crippen LogP contribution in [0.3, 0.4) is 0 Å². The fourth-order valence-corrected chi connectivity index (χ4v) is 3.10. The molecule has 1 fully saturated rings. The molecule has 2 rings (SSSR count). The van der Waals surface area contributed by atoms with E-state index in [4.69, 9.17) is 15.0 Å². The number of halogens is 1. The summed E-state index contributed by atoms with van der Waals surface area (Å²) in [5, 5.41) is 15.8. The van der Waals surface area contributed by atoms with Crippen molar-refractivity contribution in [2.45, 2.75) is 38.8 Å². The lowest BCUT2D eigenvalue weighted by atomic mass is 10.1. The molecule has 1 aromatic carbocycles. The molecule has 0 radical (unpaired) electrons. The molecule has 0 spiro atoms. The van der Waals surface area contributed by atoms with Crippen molar-refractivity contribution in [2.75, 3.05) is 39.9 Å². The van der Waals surface area contributed by atoms with Crippen LogP contribution in [0.15, 0.2) is 29.3 Å². The number of nitrogens with zero attached hydrogens (tertiary/aromatic N) is 3. The number of benzene rings is 1. The van der Waals surface area contributed by atoms with Crippen molar-refractivity contribution in [1.29, 1.82) is 5.26 Å². The lowest BCUT2D eigenvalue weighted by Gasteiger charge is -2.33. The maximum absolute atomic E-state index is 8.87. The largest absolute Gasteiger partial charge is 0.385 e. The number of methoxy groups -OCH3 is 1. The summed E-state index contributed by atoms with van der Waals surface area (Å²) < 4.78 is 5.13. The van der Waals surface area contributed by atoms with Gasteiger partial charge in [0.2, 0.25) is 0 Å². The highest BCUT2D eigenvalue weighted by molar-refractivity contribution is 14.0. The predicted molar refractivity (Wildman–Crippen MR) is 120 cm³/mol. The highest BCUT2D eigenvalue weighted by Gasteiger charge is 2.19. The minimum Gasteiger partial charge on any atom is -0.385 e. The third kappa shape index (κ3) is 8.91. The number of nitriles is 1. The van der Waals surface area contributed by atoms with Gasteiger partial charge in [-0.1, -0.05) is 12.1 Å². The standard InChI is InChI=1S/C20H31N5O.HI/c1-3-22-20(23-16-18-7-5-17(15-21)6-8-18)24-19-9-12-25(13-10-19)11-4-14-26-2;/h5-8,19H,3-4,9-14,16H2,1-2H3,(H2,22,23,24);1H. The minimum absolute atomic E-state index is 0. The van der Waals surface area contributed by atoms with E-state index < -0.39 is 0 Å². The molecule has 0 bridgehead atoms. The number of hydrogen-bond donors (Lipinski definition) is 2. The highest BCUT2D eigenvalue weighted by atomic mass is 127. The molecule has 0 aromatic heterocycles. The van der Waals surface area contributed by atoms with Crippen LogP contribution >= 0.6 is 24.0 Å². The second-order valence-corrected chi connectivity index (χ2v) is 6.61. The average molecular weight is 485 g/mol. The Morgan fingerprint density at radius 3 is 2.59 bits per heavy atom. The van der Waals surface area contributed by atoms with Crippen LogP contribution in [0.25, 0.3) is 0 Å². The second kappa shape index (κ2) is 13.7. The van der Waals surface area contributed by atoms with E-state index in [-0.39, 0.29) is 24.0 Å². The van der Waals surface area contributed by atoms with Crippen molar-refractivity contribution in [3.63, 3.8) is 0 Å². The maximum Gasteiger partial charge on any atom is 0.191 e. The number of likely N-dealkylation sites (tertiary alicyclic amines) is 1. The normalized spacial score (nSPS) is 15.7. The van der Waals surface area contributed by atoms with E-state index in [1.165, 1.54) is 0 Å². The number of ether oxygens (including phenoxy) is 1. The molecular formula is C20H32IN5O. The van der Waals surface area contributed by atoms with Gasteiger partial charge in [-0.05, 0) is 43.9 Å². The van der Waals surface area contributed by atoms with Crippen LogP contribution in [0.1, 0.15) is 37.3 Å². The van der Waals surface area contributed by atoms with Crippen LogP contribution in [0.2, 0.25) is 0 Å². The van der Waals surface area contributed by atoms with E-state index in [0.29, 0.717) is 18.2 Å². The lowest BCUT2D eigenvalue weighted by Crippen LogP contribution is -2.48. The number of guanidine groups is 1. The Labute approximate surface area is 180 Å².